The second-order valence-electron chi connectivity index (χ2n) is 6.54. The highest BCUT2D eigenvalue weighted by molar-refractivity contribution is 9.10. The summed E-state index contributed by atoms with van der Waals surface area (Å²) in [5, 5.41) is 0. The fourth-order valence-corrected chi connectivity index (χ4v) is 3.90. The van der Waals surface area contributed by atoms with E-state index in [1.165, 1.54) is 11.1 Å². The van der Waals surface area contributed by atoms with Crippen molar-refractivity contribution in [1.82, 2.24) is 9.80 Å². The average Bonchev–Trinajstić information content (AvgIpc) is 2.66. The third-order valence-corrected chi connectivity index (χ3v) is 5.47. The topological polar surface area (TPSA) is 40.6 Å². The Morgan fingerprint density at radius 1 is 1.19 bits per heavy atom. The summed E-state index contributed by atoms with van der Waals surface area (Å²) in [6, 6.07) is 15.6. The molecule has 2 aromatic carbocycles. The number of halogens is 1. The van der Waals surface area contributed by atoms with E-state index < -0.39 is 0 Å². The molecule has 5 heteroatoms. The molecule has 0 fully saturated rings. The van der Waals surface area contributed by atoms with E-state index >= 15 is 0 Å². The van der Waals surface area contributed by atoms with Gasteiger partial charge in [0.2, 0.25) is 5.91 Å². The number of amides is 2. The molecular formula is C21H23BrN2O2. The molecular weight excluding hydrogens is 392 g/mol. The van der Waals surface area contributed by atoms with Gasteiger partial charge in [-0.3, -0.25) is 9.59 Å². The first-order valence-corrected chi connectivity index (χ1v) is 9.72. The lowest BCUT2D eigenvalue weighted by molar-refractivity contribution is -0.134. The number of rotatable bonds is 4. The molecule has 0 saturated carbocycles. The summed E-state index contributed by atoms with van der Waals surface area (Å²) in [5.41, 5.74) is 3.10. The van der Waals surface area contributed by atoms with E-state index in [2.05, 4.69) is 35.0 Å². The number of likely N-dealkylation sites (N-methyl/N-ethyl adjacent to an activating group) is 1. The molecule has 1 unspecified atom stereocenters. The van der Waals surface area contributed by atoms with Gasteiger partial charge in [-0.1, -0.05) is 46.3 Å². The first-order chi connectivity index (χ1) is 12.5. The Bertz CT molecular complexity index is 821. The average molecular weight is 415 g/mol. The molecule has 26 heavy (non-hydrogen) atoms. The van der Waals surface area contributed by atoms with Crippen LogP contribution in [-0.2, 0) is 11.2 Å². The van der Waals surface area contributed by atoms with Crippen molar-refractivity contribution in [3.63, 3.8) is 0 Å². The molecule has 136 valence electrons. The lowest BCUT2D eigenvalue weighted by Crippen LogP contribution is -2.46. The quantitative estimate of drug-likeness (QED) is 0.756. The van der Waals surface area contributed by atoms with Crippen LogP contribution in [0.4, 0.5) is 0 Å². The highest BCUT2D eigenvalue weighted by atomic mass is 79.9. The largest absolute Gasteiger partial charge is 0.334 e. The van der Waals surface area contributed by atoms with Crippen LogP contribution in [0.25, 0.3) is 0 Å². The predicted octanol–water partition coefficient (Wildman–Crippen LogP) is 4.06. The van der Waals surface area contributed by atoms with Gasteiger partial charge in [-0.25, -0.2) is 0 Å². The van der Waals surface area contributed by atoms with Crippen LogP contribution in [0.1, 0.15) is 41.4 Å². The minimum atomic E-state index is -0.118. The van der Waals surface area contributed by atoms with Crippen molar-refractivity contribution in [2.24, 2.45) is 0 Å². The summed E-state index contributed by atoms with van der Waals surface area (Å²) in [5.74, 6) is -0.121. The van der Waals surface area contributed by atoms with Crippen molar-refractivity contribution in [3.8, 4) is 0 Å². The molecule has 0 aliphatic carbocycles. The second-order valence-corrected chi connectivity index (χ2v) is 7.46. The molecule has 1 aliphatic rings. The van der Waals surface area contributed by atoms with E-state index in [4.69, 9.17) is 0 Å². The van der Waals surface area contributed by atoms with Crippen LogP contribution in [0.2, 0.25) is 0 Å². The molecule has 0 bridgehead atoms. The number of nitrogens with zero attached hydrogens (tertiary/aromatic N) is 2. The molecule has 4 nitrogen and oxygen atoms in total. The van der Waals surface area contributed by atoms with Gasteiger partial charge in [-0.05, 0) is 49.6 Å². The van der Waals surface area contributed by atoms with Gasteiger partial charge in [0.1, 0.15) is 6.54 Å². The van der Waals surface area contributed by atoms with Gasteiger partial charge < -0.3 is 9.80 Å². The molecule has 0 radical (unpaired) electrons. The number of carbonyl (C=O) groups excluding carboxylic acids is 2. The minimum absolute atomic E-state index is 0.00259. The zero-order chi connectivity index (χ0) is 18.7. The van der Waals surface area contributed by atoms with Crippen LogP contribution in [-0.4, -0.2) is 41.2 Å². The standard InChI is InChI=1S/C21H23BrN2O2/c1-3-23(21(26)17-8-6-9-18(22)13-17)14-20(25)24-12-11-16-7-4-5-10-19(16)15(24)2/h4-10,13,15H,3,11-12,14H2,1-2H3. The Balaban J connectivity index is 1.73. The Kier molecular flexibility index (Phi) is 5.77. The minimum Gasteiger partial charge on any atom is -0.334 e. The predicted molar refractivity (Wildman–Crippen MR) is 106 cm³/mol. The number of fused-ring (bicyclic) bond motifs is 1. The second kappa shape index (κ2) is 8.04. The van der Waals surface area contributed by atoms with Crippen LogP contribution < -0.4 is 0 Å². The summed E-state index contributed by atoms with van der Waals surface area (Å²) in [6.07, 6.45) is 0.859. The van der Waals surface area contributed by atoms with Crippen LogP contribution in [0.5, 0.6) is 0 Å². The molecule has 1 heterocycles. The number of hydrogen-bond acceptors (Lipinski definition) is 2. The molecule has 0 spiro atoms. The molecule has 0 saturated heterocycles. The van der Waals surface area contributed by atoms with Crippen molar-refractivity contribution in [3.05, 3.63) is 69.7 Å². The zero-order valence-corrected chi connectivity index (χ0v) is 16.7. The first-order valence-electron chi connectivity index (χ1n) is 8.93. The molecule has 3 rings (SSSR count). The van der Waals surface area contributed by atoms with E-state index in [9.17, 15) is 9.59 Å². The van der Waals surface area contributed by atoms with Crippen molar-refractivity contribution in [2.45, 2.75) is 26.3 Å². The first kappa shape index (κ1) is 18.6. The summed E-state index contributed by atoms with van der Waals surface area (Å²) in [4.78, 5) is 29.2. The number of benzene rings is 2. The zero-order valence-electron chi connectivity index (χ0n) is 15.1. The highest BCUT2D eigenvalue weighted by Crippen LogP contribution is 2.29. The van der Waals surface area contributed by atoms with Gasteiger partial charge in [0.15, 0.2) is 0 Å². The SMILES string of the molecule is CCN(CC(=O)N1CCc2ccccc2C1C)C(=O)c1cccc(Br)c1. The summed E-state index contributed by atoms with van der Waals surface area (Å²) < 4.78 is 0.854. The fourth-order valence-electron chi connectivity index (χ4n) is 3.50. The van der Waals surface area contributed by atoms with Crippen molar-refractivity contribution < 1.29 is 9.59 Å². The maximum atomic E-state index is 12.9. The van der Waals surface area contributed by atoms with Crippen molar-refractivity contribution in [2.75, 3.05) is 19.6 Å². The van der Waals surface area contributed by atoms with Gasteiger partial charge in [-0.15, -0.1) is 0 Å². The van der Waals surface area contributed by atoms with E-state index in [-0.39, 0.29) is 24.4 Å². The molecule has 1 aliphatic heterocycles. The maximum Gasteiger partial charge on any atom is 0.254 e. The van der Waals surface area contributed by atoms with E-state index in [0.717, 1.165) is 10.9 Å². The van der Waals surface area contributed by atoms with Gasteiger partial charge in [0.05, 0.1) is 6.04 Å². The molecule has 2 amide bonds. The Morgan fingerprint density at radius 2 is 1.96 bits per heavy atom. The highest BCUT2D eigenvalue weighted by Gasteiger charge is 2.29. The summed E-state index contributed by atoms with van der Waals surface area (Å²) in [7, 11) is 0. The Hall–Kier alpha value is -2.14. The lowest BCUT2D eigenvalue weighted by atomic mass is 9.93. The van der Waals surface area contributed by atoms with E-state index in [0.29, 0.717) is 18.7 Å². The summed E-state index contributed by atoms with van der Waals surface area (Å²) in [6.45, 7) is 5.25. The van der Waals surface area contributed by atoms with Crippen LogP contribution in [0.15, 0.2) is 53.0 Å². The van der Waals surface area contributed by atoms with Crippen molar-refractivity contribution >= 4 is 27.7 Å². The fraction of sp³-hybridized carbons (Fsp3) is 0.333. The number of hydrogen-bond donors (Lipinski definition) is 0. The third-order valence-electron chi connectivity index (χ3n) is 4.98. The molecule has 2 aromatic rings. The molecule has 0 aromatic heterocycles. The Morgan fingerprint density at radius 3 is 2.69 bits per heavy atom. The molecule has 1 atom stereocenters. The molecule has 0 N–H and O–H groups in total. The Labute approximate surface area is 162 Å². The smallest absolute Gasteiger partial charge is 0.254 e. The van der Waals surface area contributed by atoms with E-state index in [1.807, 2.05) is 36.1 Å². The van der Waals surface area contributed by atoms with Gasteiger partial charge in [-0.2, -0.15) is 0 Å². The van der Waals surface area contributed by atoms with Crippen LogP contribution in [0, 0.1) is 0 Å². The van der Waals surface area contributed by atoms with Crippen molar-refractivity contribution in [1.29, 1.82) is 0 Å². The third kappa shape index (κ3) is 3.83. The van der Waals surface area contributed by atoms with Crippen LogP contribution in [0.3, 0.4) is 0 Å². The van der Waals surface area contributed by atoms with Gasteiger partial charge >= 0.3 is 0 Å². The van der Waals surface area contributed by atoms with Crippen LogP contribution >= 0.6 is 15.9 Å². The monoisotopic (exact) mass is 414 g/mol. The summed E-state index contributed by atoms with van der Waals surface area (Å²) >= 11 is 3.39. The van der Waals surface area contributed by atoms with Gasteiger partial charge in [0, 0.05) is 23.1 Å². The lowest BCUT2D eigenvalue weighted by Gasteiger charge is -2.36. The van der Waals surface area contributed by atoms with E-state index in [1.54, 1.807) is 17.0 Å². The van der Waals surface area contributed by atoms with Gasteiger partial charge in [0.25, 0.3) is 5.91 Å². The number of carbonyl (C=O) groups is 2. The normalized spacial score (nSPS) is 16.1. The maximum absolute atomic E-state index is 12.9.